The number of rotatable bonds is 7. The summed E-state index contributed by atoms with van der Waals surface area (Å²) in [6.07, 6.45) is 3.67. The van der Waals surface area contributed by atoms with Gasteiger partial charge in [-0.3, -0.25) is 0 Å². The second-order valence-electron chi connectivity index (χ2n) is 6.18. The molecule has 1 heteroatoms. The molecule has 0 radical (unpaired) electrons. The first kappa shape index (κ1) is 15.6. The third-order valence-corrected chi connectivity index (χ3v) is 3.87. The molecule has 0 saturated heterocycles. The van der Waals surface area contributed by atoms with Crippen LogP contribution in [-0.4, -0.2) is 5.88 Å². The second-order valence-corrected chi connectivity index (χ2v) is 6.49. The topological polar surface area (TPSA) is 0 Å². The van der Waals surface area contributed by atoms with Crippen molar-refractivity contribution in [3.63, 3.8) is 0 Å². The molecule has 2 unspecified atom stereocenters. The van der Waals surface area contributed by atoms with Gasteiger partial charge in [-0.25, -0.2) is 0 Å². The van der Waals surface area contributed by atoms with Gasteiger partial charge in [0.05, 0.1) is 0 Å². The Morgan fingerprint density at radius 3 is 2.39 bits per heavy atom. The van der Waals surface area contributed by atoms with Crippen LogP contribution in [0.1, 0.15) is 44.7 Å². The quantitative estimate of drug-likeness (QED) is 0.575. The Labute approximate surface area is 118 Å². The van der Waals surface area contributed by atoms with Crippen molar-refractivity contribution in [1.82, 2.24) is 0 Å². The summed E-state index contributed by atoms with van der Waals surface area (Å²) in [5, 5.41) is 0. The minimum Gasteiger partial charge on any atom is -0.126 e. The van der Waals surface area contributed by atoms with Gasteiger partial charge >= 0.3 is 0 Å². The Hall–Kier alpha value is -0.490. The maximum Gasteiger partial charge on any atom is 0.0255 e. The van der Waals surface area contributed by atoms with Crippen LogP contribution in [0.3, 0.4) is 0 Å². The van der Waals surface area contributed by atoms with E-state index in [2.05, 4.69) is 52.0 Å². The first-order valence-corrected chi connectivity index (χ1v) is 7.66. The smallest absolute Gasteiger partial charge is 0.0255 e. The fraction of sp³-hybridized carbons (Fsp3) is 0.647. The monoisotopic (exact) mass is 266 g/mol. The maximum atomic E-state index is 6.14. The molecule has 1 rings (SSSR count). The van der Waals surface area contributed by atoms with Gasteiger partial charge in [0.25, 0.3) is 0 Å². The molecule has 0 nitrogen and oxygen atoms in total. The van der Waals surface area contributed by atoms with E-state index in [1.807, 2.05) is 0 Å². The van der Waals surface area contributed by atoms with E-state index in [4.69, 9.17) is 11.6 Å². The lowest BCUT2D eigenvalue weighted by Crippen LogP contribution is -2.12. The van der Waals surface area contributed by atoms with Gasteiger partial charge in [-0.05, 0) is 49.5 Å². The third kappa shape index (κ3) is 5.91. The van der Waals surface area contributed by atoms with Crippen LogP contribution in [-0.2, 0) is 6.42 Å². The van der Waals surface area contributed by atoms with Crippen LogP contribution in [0.2, 0.25) is 0 Å². The summed E-state index contributed by atoms with van der Waals surface area (Å²) in [4.78, 5) is 0. The molecule has 102 valence electrons. The Morgan fingerprint density at radius 2 is 1.83 bits per heavy atom. The van der Waals surface area contributed by atoms with E-state index in [0.29, 0.717) is 5.92 Å². The summed E-state index contributed by atoms with van der Waals surface area (Å²) in [5.41, 5.74) is 2.77. The Balaban J connectivity index is 2.51. The van der Waals surface area contributed by atoms with Gasteiger partial charge in [0.1, 0.15) is 0 Å². The van der Waals surface area contributed by atoms with Crippen molar-refractivity contribution in [2.45, 2.75) is 47.0 Å². The first-order valence-electron chi connectivity index (χ1n) is 7.12. The van der Waals surface area contributed by atoms with E-state index in [9.17, 15) is 0 Å². The van der Waals surface area contributed by atoms with Crippen molar-refractivity contribution in [2.24, 2.45) is 17.8 Å². The highest BCUT2D eigenvalue weighted by molar-refractivity contribution is 6.18. The van der Waals surface area contributed by atoms with Gasteiger partial charge < -0.3 is 0 Å². The molecule has 2 atom stereocenters. The normalized spacial score (nSPS) is 14.8. The predicted octanol–water partition coefficient (Wildman–Crippen LogP) is 5.46. The lowest BCUT2D eigenvalue weighted by Gasteiger charge is -2.20. The van der Waals surface area contributed by atoms with Crippen molar-refractivity contribution in [3.8, 4) is 0 Å². The van der Waals surface area contributed by atoms with Crippen molar-refractivity contribution in [1.29, 1.82) is 0 Å². The van der Waals surface area contributed by atoms with E-state index in [1.165, 1.54) is 24.0 Å². The number of benzene rings is 1. The lowest BCUT2D eigenvalue weighted by atomic mass is 9.87. The zero-order valence-corrected chi connectivity index (χ0v) is 13.0. The van der Waals surface area contributed by atoms with Gasteiger partial charge in [0.2, 0.25) is 0 Å². The second kappa shape index (κ2) is 7.84. The molecule has 0 aliphatic rings. The minimum atomic E-state index is 0.613. The average molecular weight is 267 g/mol. The fourth-order valence-electron chi connectivity index (χ4n) is 2.84. The molecule has 1 aromatic carbocycles. The van der Waals surface area contributed by atoms with E-state index in [1.54, 1.807) is 0 Å². The molecule has 0 fully saturated rings. The highest BCUT2D eigenvalue weighted by atomic mass is 35.5. The van der Waals surface area contributed by atoms with Crippen LogP contribution in [0.5, 0.6) is 0 Å². The van der Waals surface area contributed by atoms with Gasteiger partial charge in [0, 0.05) is 5.88 Å². The zero-order valence-electron chi connectivity index (χ0n) is 12.2. The summed E-state index contributed by atoms with van der Waals surface area (Å²) < 4.78 is 0. The number of halogens is 1. The highest BCUT2D eigenvalue weighted by Crippen LogP contribution is 2.23. The molecule has 0 aliphatic heterocycles. The fourth-order valence-corrected chi connectivity index (χ4v) is 3.08. The summed E-state index contributed by atoms with van der Waals surface area (Å²) >= 11 is 6.14. The molecule has 18 heavy (non-hydrogen) atoms. The summed E-state index contributed by atoms with van der Waals surface area (Å²) in [6.45, 7) is 9.11. The molecule has 0 heterocycles. The molecular weight excluding hydrogens is 240 g/mol. The van der Waals surface area contributed by atoms with Crippen LogP contribution in [0.4, 0.5) is 0 Å². The number of hydrogen-bond donors (Lipinski definition) is 0. The van der Waals surface area contributed by atoms with Crippen molar-refractivity contribution in [3.05, 3.63) is 35.4 Å². The van der Waals surface area contributed by atoms with Crippen molar-refractivity contribution < 1.29 is 0 Å². The molecule has 0 aliphatic carbocycles. The van der Waals surface area contributed by atoms with E-state index >= 15 is 0 Å². The predicted molar refractivity (Wildman–Crippen MR) is 82.3 cm³/mol. The van der Waals surface area contributed by atoms with Gasteiger partial charge in [-0.15, -0.1) is 11.6 Å². The number of aryl methyl sites for hydroxylation is 1. The molecular formula is C17H27Cl. The highest BCUT2D eigenvalue weighted by Gasteiger charge is 2.14. The van der Waals surface area contributed by atoms with Gasteiger partial charge in [-0.1, -0.05) is 50.6 Å². The van der Waals surface area contributed by atoms with Crippen LogP contribution < -0.4 is 0 Å². The molecule has 0 amide bonds. The van der Waals surface area contributed by atoms with Crippen molar-refractivity contribution >= 4 is 11.6 Å². The zero-order chi connectivity index (χ0) is 13.5. The van der Waals surface area contributed by atoms with Crippen LogP contribution in [0, 0.1) is 24.7 Å². The van der Waals surface area contributed by atoms with Crippen molar-refractivity contribution in [2.75, 3.05) is 5.88 Å². The molecule has 0 spiro atoms. The molecule has 0 bridgehead atoms. The minimum absolute atomic E-state index is 0.613. The Kier molecular flexibility index (Phi) is 6.78. The van der Waals surface area contributed by atoms with Gasteiger partial charge in [0.15, 0.2) is 0 Å². The third-order valence-electron chi connectivity index (χ3n) is 3.43. The number of hydrogen-bond acceptors (Lipinski definition) is 0. The summed E-state index contributed by atoms with van der Waals surface area (Å²) in [7, 11) is 0. The molecule has 1 aromatic rings. The lowest BCUT2D eigenvalue weighted by molar-refractivity contribution is 0.356. The SMILES string of the molecule is Cc1cccc(CC(CCl)CC(C)CC(C)C)c1. The molecule has 0 N–H and O–H groups in total. The maximum absolute atomic E-state index is 6.14. The molecule has 0 aromatic heterocycles. The molecule has 0 saturated carbocycles. The van der Waals surface area contributed by atoms with Crippen LogP contribution in [0.15, 0.2) is 24.3 Å². The standard InChI is InChI=1S/C17H27Cl/c1-13(2)8-15(4)10-17(12-18)11-16-7-5-6-14(3)9-16/h5-7,9,13,15,17H,8,10-12H2,1-4H3. The largest absolute Gasteiger partial charge is 0.126 e. The average Bonchev–Trinajstić information content (AvgIpc) is 2.27. The number of alkyl halides is 1. The summed E-state index contributed by atoms with van der Waals surface area (Å²) in [6, 6.07) is 8.81. The summed E-state index contributed by atoms with van der Waals surface area (Å²) in [5.74, 6) is 2.95. The Bertz CT molecular complexity index is 343. The van der Waals surface area contributed by atoms with E-state index in [0.717, 1.165) is 24.1 Å². The van der Waals surface area contributed by atoms with Gasteiger partial charge in [-0.2, -0.15) is 0 Å². The van der Waals surface area contributed by atoms with E-state index < -0.39 is 0 Å². The Morgan fingerprint density at radius 1 is 1.11 bits per heavy atom. The van der Waals surface area contributed by atoms with Crippen LogP contribution >= 0.6 is 11.6 Å². The van der Waals surface area contributed by atoms with Crippen LogP contribution in [0.25, 0.3) is 0 Å². The van der Waals surface area contributed by atoms with E-state index in [-0.39, 0.29) is 0 Å². The first-order chi connectivity index (χ1) is 8.51.